The van der Waals surface area contributed by atoms with E-state index in [1.807, 2.05) is 4.90 Å². The number of ether oxygens (including phenoxy) is 1. The molecule has 3 rings (SSSR count). The summed E-state index contributed by atoms with van der Waals surface area (Å²) in [5.74, 6) is 0.124. The van der Waals surface area contributed by atoms with Crippen LogP contribution in [0.1, 0.15) is 18.4 Å². The van der Waals surface area contributed by atoms with Gasteiger partial charge in [0.15, 0.2) is 0 Å². The second-order valence-electron chi connectivity index (χ2n) is 6.12. The van der Waals surface area contributed by atoms with Crippen molar-refractivity contribution >= 4 is 23.2 Å². The molecule has 0 aliphatic heterocycles. The van der Waals surface area contributed by atoms with Gasteiger partial charge in [-0.25, -0.2) is 4.39 Å². The predicted octanol–water partition coefficient (Wildman–Crippen LogP) is 4.09. The fourth-order valence-electron chi connectivity index (χ4n) is 2.75. The number of nitrogens with one attached hydrogen (secondary N) is 1. The molecule has 1 aliphatic rings. The molecule has 0 atom stereocenters. The molecule has 0 saturated heterocycles. The molecule has 4 nitrogen and oxygen atoms in total. The number of benzene rings is 2. The van der Waals surface area contributed by atoms with Crippen molar-refractivity contribution in [2.24, 2.45) is 0 Å². The molecule has 2 aromatic carbocycles. The van der Waals surface area contributed by atoms with E-state index >= 15 is 0 Å². The van der Waals surface area contributed by atoms with Crippen LogP contribution in [0.15, 0.2) is 42.5 Å². The first-order chi connectivity index (χ1) is 12.1. The highest BCUT2D eigenvalue weighted by Gasteiger charge is 2.30. The number of nitrogens with zero attached hydrogens (tertiary/aromatic N) is 1. The summed E-state index contributed by atoms with van der Waals surface area (Å²) in [5, 5.41) is 3.35. The normalized spacial score (nSPS) is 13.8. The van der Waals surface area contributed by atoms with Gasteiger partial charge in [-0.05, 0) is 37.1 Å². The molecule has 0 spiro atoms. The molecule has 6 heteroatoms. The average molecular weight is 363 g/mol. The Kier molecular flexibility index (Phi) is 5.56. The van der Waals surface area contributed by atoms with E-state index in [2.05, 4.69) is 5.32 Å². The van der Waals surface area contributed by atoms with Gasteiger partial charge < -0.3 is 10.1 Å². The maximum atomic E-state index is 13.9. The number of carbonyl (C=O) groups excluding carboxylic acids is 1. The number of hydrogen-bond acceptors (Lipinski definition) is 3. The minimum atomic E-state index is -0.245. The van der Waals surface area contributed by atoms with Crippen LogP contribution in [0, 0.1) is 5.82 Å². The van der Waals surface area contributed by atoms with E-state index in [-0.39, 0.29) is 18.3 Å². The summed E-state index contributed by atoms with van der Waals surface area (Å²) in [6, 6.07) is 12.0. The van der Waals surface area contributed by atoms with Crippen LogP contribution in [0.5, 0.6) is 5.75 Å². The third kappa shape index (κ3) is 4.71. The molecule has 0 heterocycles. The number of halogens is 2. The predicted molar refractivity (Wildman–Crippen MR) is 96.5 cm³/mol. The van der Waals surface area contributed by atoms with Crippen LogP contribution in [-0.2, 0) is 11.3 Å². The van der Waals surface area contributed by atoms with E-state index in [9.17, 15) is 9.18 Å². The van der Waals surface area contributed by atoms with Gasteiger partial charge in [0.05, 0.1) is 19.3 Å². The number of hydrogen-bond donors (Lipinski definition) is 1. The zero-order chi connectivity index (χ0) is 17.8. The van der Waals surface area contributed by atoms with Crippen LogP contribution >= 0.6 is 11.6 Å². The average Bonchev–Trinajstić information content (AvgIpc) is 3.41. The lowest BCUT2D eigenvalue weighted by Gasteiger charge is -2.22. The maximum absolute atomic E-state index is 13.9. The highest BCUT2D eigenvalue weighted by molar-refractivity contribution is 6.31. The van der Waals surface area contributed by atoms with Gasteiger partial charge in [-0.3, -0.25) is 9.69 Å². The minimum absolute atomic E-state index is 0.177. The summed E-state index contributed by atoms with van der Waals surface area (Å²) in [5.41, 5.74) is 1.13. The van der Waals surface area contributed by atoms with Crippen molar-refractivity contribution in [1.29, 1.82) is 0 Å². The van der Waals surface area contributed by atoms with Crippen LogP contribution in [-0.4, -0.2) is 30.5 Å². The second-order valence-corrected chi connectivity index (χ2v) is 6.56. The van der Waals surface area contributed by atoms with Gasteiger partial charge >= 0.3 is 0 Å². The van der Waals surface area contributed by atoms with Crippen molar-refractivity contribution < 1.29 is 13.9 Å². The summed E-state index contributed by atoms with van der Waals surface area (Å²) in [6.07, 6.45) is 2.06. The molecule has 0 bridgehead atoms. The van der Waals surface area contributed by atoms with E-state index in [1.54, 1.807) is 36.4 Å². The number of methoxy groups -OCH3 is 1. The van der Waals surface area contributed by atoms with Crippen molar-refractivity contribution in [3.05, 3.63) is 58.9 Å². The van der Waals surface area contributed by atoms with Crippen molar-refractivity contribution in [1.82, 2.24) is 4.90 Å². The summed E-state index contributed by atoms with van der Waals surface area (Å²) >= 11 is 5.99. The topological polar surface area (TPSA) is 41.6 Å². The van der Waals surface area contributed by atoms with Crippen molar-refractivity contribution in [3.63, 3.8) is 0 Å². The maximum Gasteiger partial charge on any atom is 0.238 e. The fraction of sp³-hybridized carbons (Fsp3) is 0.316. The van der Waals surface area contributed by atoms with Gasteiger partial charge in [-0.2, -0.15) is 0 Å². The molecular formula is C19H20ClFN2O2. The van der Waals surface area contributed by atoms with Gasteiger partial charge in [0.25, 0.3) is 0 Å². The molecule has 0 aromatic heterocycles. The molecule has 1 aliphatic carbocycles. The SMILES string of the molecule is COc1ccc(Cl)cc1NC(=O)CN(Cc1ccccc1F)C1CC1. The first kappa shape index (κ1) is 17.7. The Morgan fingerprint density at radius 1 is 1.32 bits per heavy atom. The summed E-state index contributed by atoms with van der Waals surface area (Å²) in [7, 11) is 1.54. The summed E-state index contributed by atoms with van der Waals surface area (Å²) in [6.45, 7) is 0.603. The third-order valence-electron chi connectivity index (χ3n) is 4.18. The molecule has 1 saturated carbocycles. The Morgan fingerprint density at radius 3 is 2.76 bits per heavy atom. The Labute approximate surface area is 151 Å². The van der Waals surface area contributed by atoms with Crippen molar-refractivity contribution in [2.75, 3.05) is 19.0 Å². The van der Waals surface area contributed by atoms with Crippen LogP contribution in [0.4, 0.5) is 10.1 Å². The molecule has 1 fully saturated rings. The van der Waals surface area contributed by atoms with Gasteiger partial charge in [-0.1, -0.05) is 29.8 Å². The Hall–Kier alpha value is -2.11. The molecule has 132 valence electrons. The summed E-state index contributed by atoms with van der Waals surface area (Å²) < 4.78 is 19.1. The number of anilines is 1. The van der Waals surface area contributed by atoms with Crippen LogP contribution in [0.25, 0.3) is 0 Å². The Bertz CT molecular complexity index is 765. The highest BCUT2D eigenvalue weighted by Crippen LogP contribution is 2.30. The quantitative estimate of drug-likeness (QED) is 0.806. The van der Waals surface area contributed by atoms with Gasteiger partial charge in [0.1, 0.15) is 11.6 Å². The van der Waals surface area contributed by atoms with Gasteiger partial charge in [-0.15, -0.1) is 0 Å². The molecule has 0 radical (unpaired) electrons. The zero-order valence-electron chi connectivity index (χ0n) is 14.0. The monoisotopic (exact) mass is 362 g/mol. The zero-order valence-corrected chi connectivity index (χ0v) is 14.7. The summed E-state index contributed by atoms with van der Waals surface area (Å²) in [4.78, 5) is 14.5. The van der Waals surface area contributed by atoms with E-state index in [4.69, 9.17) is 16.3 Å². The van der Waals surface area contributed by atoms with Crippen molar-refractivity contribution in [3.8, 4) is 5.75 Å². The molecular weight excluding hydrogens is 343 g/mol. The van der Waals surface area contributed by atoms with Gasteiger partial charge in [0.2, 0.25) is 5.91 Å². The highest BCUT2D eigenvalue weighted by atomic mass is 35.5. The third-order valence-corrected chi connectivity index (χ3v) is 4.41. The fourth-order valence-corrected chi connectivity index (χ4v) is 2.92. The smallest absolute Gasteiger partial charge is 0.238 e. The van der Waals surface area contributed by atoms with Crippen LogP contribution in [0.2, 0.25) is 5.02 Å². The van der Waals surface area contributed by atoms with E-state index < -0.39 is 0 Å². The second kappa shape index (κ2) is 7.85. The number of carbonyl (C=O) groups is 1. The standard InChI is InChI=1S/C19H20ClFN2O2/c1-25-18-9-6-14(20)10-17(18)22-19(24)12-23(15-7-8-15)11-13-4-2-3-5-16(13)21/h2-6,9-10,15H,7-8,11-12H2,1H3,(H,22,24). The van der Waals surface area contributed by atoms with Gasteiger partial charge in [0, 0.05) is 23.2 Å². The first-order valence-electron chi connectivity index (χ1n) is 8.17. The molecule has 1 amide bonds. The van der Waals surface area contributed by atoms with E-state index in [1.165, 1.54) is 13.2 Å². The van der Waals surface area contributed by atoms with Crippen LogP contribution < -0.4 is 10.1 Å². The molecule has 0 unspecified atom stereocenters. The molecule has 2 aromatic rings. The van der Waals surface area contributed by atoms with Crippen molar-refractivity contribution in [2.45, 2.75) is 25.4 Å². The molecule has 25 heavy (non-hydrogen) atoms. The lowest BCUT2D eigenvalue weighted by Crippen LogP contribution is -2.34. The Balaban J connectivity index is 1.68. The molecule has 1 N–H and O–H groups in total. The van der Waals surface area contributed by atoms with E-state index in [0.29, 0.717) is 34.6 Å². The van der Waals surface area contributed by atoms with E-state index in [0.717, 1.165) is 12.8 Å². The Morgan fingerprint density at radius 2 is 2.08 bits per heavy atom. The largest absolute Gasteiger partial charge is 0.495 e. The minimum Gasteiger partial charge on any atom is -0.495 e. The number of rotatable bonds is 7. The lowest BCUT2D eigenvalue weighted by molar-refractivity contribution is -0.117. The lowest BCUT2D eigenvalue weighted by atomic mass is 10.2. The van der Waals surface area contributed by atoms with Crippen LogP contribution in [0.3, 0.4) is 0 Å². The number of amides is 1. The first-order valence-corrected chi connectivity index (χ1v) is 8.55.